The topological polar surface area (TPSA) is 78.4 Å². The summed E-state index contributed by atoms with van der Waals surface area (Å²) in [4.78, 5) is 22.5. The van der Waals surface area contributed by atoms with Crippen LogP contribution in [0.2, 0.25) is 0 Å². The highest BCUT2D eigenvalue weighted by Crippen LogP contribution is 2.31. The van der Waals surface area contributed by atoms with E-state index in [9.17, 15) is 9.59 Å². The standard InChI is InChI=1S/C13H15IN2O3/c14-10-5-9(12(17)18)6-11(7-10)16-13(19)15-4-3-8-1-2-8/h5-8H,1-4H2,(H,17,18)(H2,15,16,19). The second kappa shape index (κ2) is 6.23. The minimum atomic E-state index is -1.00. The molecule has 0 heterocycles. The number of urea groups is 1. The number of nitrogens with one attached hydrogen (secondary N) is 2. The van der Waals surface area contributed by atoms with Crippen molar-refractivity contribution in [1.29, 1.82) is 0 Å². The largest absolute Gasteiger partial charge is 0.478 e. The lowest BCUT2D eigenvalue weighted by molar-refractivity contribution is 0.0697. The molecule has 1 aliphatic carbocycles. The molecule has 0 saturated heterocycles. The first-order valence-electron chi connectivity index (χ1n) is 6.13. The van der Waals surface area contributed by atoms with Crippen molar-refractivity contribution in [2.24, 2.45) is 5.92 Å². The monoisotopic (exact) mass is 374 g/mol. The molecule has 0 bridgehead atoms. The molecule has 0 atom stereocenters. The second-order valence-corrected chi connectivity index (χ2v) is 5.89. The number of halogens is 1. The van der Waals surface area contributed by atoms with Gasteiger partial charge >= 0.3 is 12.0 Å². The lowest BCUT2D eigenvalue weighted by Crippen LogP contribution is -2.29. The number of carbonyl (C=O) groups excluding carboxylic acids is 1. The molecule has 102 valence electrons. The highest BCUT2D eigenvalue weighted by molar-refractivity contribution is 14.1. The molecule has 1 aliphatic rings. The summed E-state index contributed by atoms with van der Waals surface area (Å²) < 4.78 is 0.769. The third kappa shape index (κ3) is 4.70. The molecule has 2 amide bonds. The molecule has 3 N–H and O–H groups in total. The van der Waals surface area contributed by atoms with E-state index < -0.39 is 5.97 Å². The van der Waals surface area contributed by atoms with Gasteiger partial charge in [0.05, 0.1) is 5.56 Å². The molecule has 6 heteroatoms. The van der Waals surface area contributed by atoms with Gasteiger partial charge in [-0.2, -0.15) is 0 Å². The smallest absolute Gasteiger partial charge is 0.335 e. The first-order chi connectivity index (χ1) is 9.04. The highest BCUT2D eigenvalue weighted by atomic mass is 127. The van der Waals surface area contributed by atoms with E-state index in [-0.39, 0.29) is 11.6 Å². The van der Waals surface area contributed by atoms with Crippen molar-refractivity contribution in [2.45, 2.75) is 19.3 Å². The lowest BCUT2D eigenvalue weighted by atomic mass is 10.2. The van der Waals surface area contributed by atoms with E-state index in [1.807, 2.05) is 22.6 Å². The van der Waals surface area contributed by atoms with Crippen LogP contribution < -0.4 is 10.6 Å². The average molecular weight is 374 g/mol. The van der Waals surface area contributed by atoms with Crippen LogP contribution in [0.25, 0.3) is 0 Å². The van der Waals surface area contributed by atoms with Gasteiger partial charge in [0.1, 0.15) is 0 Å². The summed E-state index contributed by atoms with van der Waals surface area (Å²) in [5.74, 6) is -0.229. The zero-order chi connectivity index (χ0) is 13.8. The van der Waals surface area contributed by atoms with E-state index in [2.05, 4.69) is 10.6 Å². The minimum absolute atomic E-state index is 0.167. The molecule has 0 aliphatic heterocycles. The average Bonchev–Trinajstić information content (AvgIpc) is 3.12. The molecule has 0 radical (unpaired) electrons. The van der Waals surface area contributed by atoms with E-state index in [0.29, 0.717) is 12.2 Å². The molecule has 1 aromatic rings. The predicted octanol–water partition coefficient (Wildman–Crippen LogP) is 2.91. The van der Waals surface area contributed by atoms with E-state index in [0.717, 1.165) is 15.9 Å². The SMILES string of the molecule is O=C(NCCC1CC1)Nc1cc(I)cc(C(=O)O)c1. The molecule has 2 rings (SSSR count). The fraction of sp³-hybridized carbons (Fsp3) is 0.385. The van der Waals surface area contributed by atoms with Crippen LogP contribution in [0.5, 0.6) is 0 Å². The van der Waals surface area contributed by atoms with Crippen molar-refractivity contribution in [3.8, 4) is 0 Å². The van der Waals surface area contributed by atoms with Crippen LogP contribution in [0, 0.1) is 9.49 Å². The van der Waals surface area contributed by atoms with Gasteiger partial charge in [0.2, 0.25) is 0 Å². The van der Waals surface area contributed by atoms with Crippen LogP contribution >= 0.6 is 22.6 Å². The Hall–Kier alpha value is -1.31. The van der Waals surface area contributed by atoms with Crippen molar-refractivity contribution < 1.29 is 14.7 Å². The second-order valence-electron chi connectivity index (χ2n) is 4.65. The minimum Gasteiger partial charge on any atom is -0.478 e. The Labute approximate surface area is 124 Å². The number of hydrogen-bond donors (Lipinski definition) is 3. The van der Waals surface area contributed by atoms with E-state index in [4.69, 9.17) is 5.11 Å². The Balaban J connectivity index is 1.89. The molecule has 1 saturated carbocycles. The Morgan fingerprint density at radius 3 is 2.68 bits per heavy atom. The maximum absolute atomic E-state index is 11.6. The zero-order valence-corrected chi connectivity index (χ0v) is 12.4. The first-order valence-corrected chi connectivity index (χ1v) is 7.21. The van der Waals surface area contributed by atoms with Gasteiger partial charge in [-0.15, -0.1) is 0 Å². The van der Waals surface area contributed by atoms with Crippen LogP contribution in [0.1, 0.15) is 29.6 Å². The van der Waals surface area contributed by atoms with E-state index in [1.54, 1.807) is 12.1 Å². The van der Waals surface area contributed by atoms with Gasteiger partial charge in [-0.05, 0) is 53.1 Å². The molecule has 0 unspecified atom stereocenters. The summed E-state index contributed by atoms with van der Waals surface area (Å²) >= 11 is 2.02. The van der Waals surface area contributed by atoms with Crippen molar-refractivity contribution in [1.82, 2.24) is 5.32 Å². The highest BCUT2D eigenvalue weighted by Gasteiger charge is 2.20. The molecule has 1 aromatic carbocycles. The molecule has 0 aromatic heterocycles. The zero-order valence-electron chi connectivity index (χ0n) is 10.3. The predicted molar refractivity (Wildman–Crippen MR) is 80.5 cm³/mol. The number of carbonyl (C=O) groups is 2. The molecular weight excluding hydrogens is 359 g/mol. The summed E-state index contributed by atoms with van der Waals surface area (Å²) in [6.07, 6.45) is 3.55. The summed E-state index contributed by atoms with van der Waals surface area (Å²) in [5.41, 5.74) is 0.661. The summed E-state index contributed by atoms with van der Waals surface area (Å²) in [7, 11) is 0. The summed E-state index contributed by atoms with van der Waals surface area (Å²) in [5, 5.41) is 14.4. The van der Waals surface area contributed by atoms with Gasteiger partial charge in [-0.1, -0.05) is 12.8 Å². The van der Waals surface area contributed by atoms with Gasteiger partial charge in [0, 0.05) is 15.8 Å². The van der Waals surface area contributed by atoms with Crippen molar-refractivity contribution in [3.05, 3.63) is 27.3 Å². The quantitative estimate of drug-likeness (QED) is 0.694. The molecule has 5 nitrogen and oxygen atoms in total. The van der Waals surface area contributed by atoms with Gasteiger partial charge in [0.25, 0.3) is 0 Å². The van der Waals surface area contributed by atoms with Crippen molar-refractivity contribution in [2.75, 3.05) is 11.9 Å². The maximum Gasteiger partial charge on any atom is 0.335 e. The number of hydrogen-bond acceptors (Lipinski definition) is 2. The van der Waals surface area contributed by atoms with Crippen LogP contribution in [0.4, 0.5) is 10.5 Å². The molecule has 19 heavy (non-hydrogen) atoms. The van der Waals surface area contributed by atoms with Crippen LogP contribution in [-0.2, 0) is 0 Å². The van der Waals surface area contributed by atoms with Gasteiger partial charge in [-0.25, -0.2) is 9.59 Å². The number of carboxylic acid groups (broad SMARTS) is 1. The molecule has 1 fully saturated rings. The Kier molecular flexibility index (Phi) is 4.62. The molecular formula is C13H15IN2O3. The Morgan fingerprint density at radius 1 is 1.32 bits per heavy atom. The molecule has 0 spiro atoms. The van der Waals surface area contributed by atoms with Crippen molar-refractivity contribution in [3.63, 3.8) is 0 Å². The number of carboxylic acids is 1. The van der Waals surface area contributed by atoms with Crippen LogP contribution in [0.15, 0.2) is 18.2 Å². The number of rotatable bonds is 5. The number of benzene rings is 1. The van der Waals surface area contributed by atoms with Crippen LogP contribution in [-0.4, -0.2) is 23.7 Å². The van der Waals surface area contributed by atoms with Gasteiger partial charge < -0.3 is 15.7 Å². The van der Waals surface area contributed by atoms with E-state index in [1.165, 1.54) is 18.9 Å². The lowest BCUT2D eigenvalue weighted by Gasteiger charge is -2.08. The summed E-state index contributed by atoms with van der Waals surface area (Å²) in [6.45, 7) is 0.659. The fourth-order valence-corrected chi connectivity index (χ4v) is 2.43. The van der Waals surface area contributed by atoms with Gasteiger partial charge in [-0.3, -0.25) is 0 Å². The third-order valence-corrected chi connectivity index (χ3v) is 3.56. The maximum atomic E-state index is 11.6. The normalized spacial score (nSPS) is 13.9. The Morgan fingerprint density at radius 2 is 2.05 bits per heavy atom. The number of anilines is 1. The van der Waals surface area contributed by atoms with Crippen LogP contribution in [0.3, 0.4) is 0 Å². The Bertz CT molecular complexity index is 501. The van der Waals surface area contributed by atoms with Gasteiger partial charge in [0.15, 0.2) is 0 Å². The summed E-state index contributed by atoms with van der Waals surface area (Å²) in [6, 6.07) is 4.44. The third-order valence-electron chi connectivity index (χ3n) is 2.94. The number of aromatic carboxylic acids is 1. The first kappa shape index (κ1) is 14.1. The number of amides is 2. The van der Waals surface area contributed by atoms with E-state index >= 15 is 0 Å². The fourth-order valence-electron chi connectivity index (χ4n) is 1.76. The van der Waals surface area contributed by atoms with Crippen molar-refractivity contribution >= 4 is 40.3 Å².